The minimum atomic E-state index is 0.690. The van der Waals surface area contributed by atoms with Gasteiger partial charge >= 0.3 is 0 Å². The highest BCUT2D eigenvalue weighted by molar-refractivity contribution is 7.99. The van der Waals surface area contributed by atoms with Gasteiger partial charge in [0, 0.05) is 44.7 Å². The van der Waals surface area contributed by atoms with Crippen molar-refractivity contribution in [1.82, 2.24) is 19.8 Å². The molecule has 1 N–H and O–H groups in total. The van der Waals surface area contributed by atoms with Crippen molar-refractivity contribution < 1.29 is 0 Å². The summed E-state index contributed by atoms with van der Waals surface area (Å²) in [5.41, 5.74) is 0. The molecule has 0 amide bonds. The maximum absolute atomic E-state index is 5.93. The van der Waals surface area contributed by atoms with E-state index in [1.54, 1.807) is 6.20 Å². The Morgan fingerprint density at radius 3 is 2.88 bits per heavy atom. The Kier molecular flexibility index (Phi) is 5.16. The van der Waals surface area contributed by atoms with Crippen LogP contribution in [0.1, 0.15) is 5.82 Å². The van der Waals surface area contributed by atoms with Gasteiger partial charge in [0.05, 0.1) is 12.7 Å². The van der Waals surface area contributed by atoms with E-state index in [9.17, 15) is 0 Å². The third-order valence-corrected chi connectivity index (χ3v) is 4.31. The van der Waals surface area contributed by atoms with Crippen LogP contribution in [0.4, 0.5) is 0 Å². The van der Waals surface area contributed by atoms with Crippen molar-refractivity contribution in [2.75, 3.05) is 37.7 Å². The maximum atomic E-state index is 5.93. The first kappa shape index (κ1) is 13.2. The van der Waals surface area contributed by atoms with Crippen molar-refractivity contribution in [3.63, 3.8) is 0 Å². The average molecular weight is 275 g/mol. The third-order valence-electron chi connectivity index (χ3n) is 3.02. The second-order valence-electron chi connectivity index (χ2n) is 4.19. The summed E-state index contributed by atoms with van der Waals surface area (Å²) in [5, 5.41) is 4.10. The molecule has 1 aliphatic heterocycles. The first-order valence-electron chi connectivity index (χ1n) is 5.94. The Morgan fingerprint density at radius 2 is 2.24 bits per heavy atom. The summed E-state index contributed by atoms with van der Waals surface area (Å²) in [7, 11) is 1.94. The van der Waals surface area contributed by atoms with Crippen LogP contribution < -0.4 is 5.32 Å². The van der Waals surface area contributed by atoms with E-state index in [2.05, 4.69) is 15.2 Å². The highest BCUT2D eigenvalue weighted by Gasteiger charge is 2.09. The van der Waals surface area contributed by atoms with Crippen LogP contribution in [0.2, 0.25) is 5.15 Å². The fraction of sp³-hybridized carbons (Fsp3) is 0.727. The van der Waals surface area contributed by atoms with Gasteiger partial charge in [-0.05, 0) is 0 Å². The van der Waals surface area contributed by atoms with Crippen LogP contribution in [0, 0.1) is 0 Å². The molecular weight excluding hydrogens is 256 g/mol. The van der Waals surface area contributed by atoms with Gasteiger partial charge in [0.2, 0.25) is 0 Å². The molecule has 0 spiro atoms. The Balaban J connectivity index is 1.64. The highest BCUT2D eigenvalue weighted by Crippen LogP contribution is 2.09. The number of halogens is 1. The summed E-state index contributed by atoms with van der Waals surface area (Å²) in [5.74, 6) is 3.54. The van der Waals surface area contributed by atoms with Crippen molar-refractivity contribution in [2.45, 2.75) is 6.54 Å². The smallest absolute Gasteiger partial charge is 0.128 e. The largest absolute Gasteiger partial charge is 0.321 e. The van der Waals surface area contributed by atoms with Gasteiger partial charge in [0.15, 0.2) is 0 Å². The molecule has 0 bridgehead atoms. The number of nitrogens with zero attached hydrogens (tertiary/aromatic N) is 3. The number of hydrogen-bond acceptors (Lipinski definition) is 4. The molecule has 1 aliphatic rings. The molecule has 0 atom stereocenters. The molecule has 1 fully saturated rings. The van der Waals surface area contributed by atoms with Crippen LogP contribution in [-0.4, -0.2) is 52.1 Å². The SMILES string of the molecule is Cn1c(Cl)cnc1CNCCN1CCSCC1. The number of thioether (sulfide) groups is 1. The van der Waals surface area contributed by atoms with Crippen molar-refractivity contribution in [1.29, 1.82) is 0 Å². The minimum Gasteiger partial charge on any atom is -0.321 e. The fourth-order valence-electron chi connectivity index (χ4n) is 1.85. The Bertz CT molecular complexity index is 349. The summed E-state index contributed by atoms with van der Waals surface area (Å²) in [6, 6.07) is 0. The molecular formula is C11H19ClN4S. The molecule has 0 unspecified atom stereocenters. The van der Waals surface area contributed by atoms with Gasteiger partial charge in [-0.1, -0.05) is 11.6 Å². The lowest BCUT2D eigenvalue weighted by Gasteiger charge is -2.26. The minimum absolute atomic E-state index is 0.690. The molecule has 0 saturated carbocycles. The van der Waals surface area contributed by atoms with E-state index < -0.39 is 0 Å². The summed E-state index contributed by atoms with van der Waals surface area (Å²) in [4.78, 5) is 6.76. The second-order valence-corrected chi connectivity index (χ2v) is 5.80. The summed E-state index contributed by atoms with van der Waals surface area (Å²) >= 11 is 7.98. The van der Waals surface area contributed by atoms with Crippen LogP contribution >= 0.6 is 23.4 Å². The number of hydrogen-bond donors (Lipinski definition) is 1. The molecule has 2 heterocycles. The van der Waals surface area contributed by atoms with E-state index in [4.69, 9.17) is 11.6 Å². The second kappa shape index (κ2) is 6.64. The van der Waals surface area contributed by atoms with Gasteiger partial charge in [0.25, 0.3) is 0 Å². The molecule has 1 aromatic heterocycles. The van der Waals surface area contributed by atoms with E-state index in [1.165, 1.54) is 24.6 Å². The first-order chi connectivity index (χ1) is 8.27. The fourth-order valence-corrected chi connectivity index (χ4v) is 2.98. The van der Waals surface area contributed by atoms with E-state index in [0.29, 0.717) is 5.15 Å². The molecule has 6 heteroatoms. The van der Waals surface area contributed by atoms with E-state index in [0.717, 1.165) is 25.5 Å². The first-order valence-corrected chi connectivity index (χ1v) is 7.47. The van der Waals surface area contributed by atoms with Gasteiger partial charge in [-0.15, -0.1) is 0 Å². The van der Waals surface area contributed by atoms with Crippen molar-refractivity contribution in [2.24, 2.45) is 7.05 Å². The predicted molar refractivity (Wildman–Crippen MR) is 73.7 cm³/mol. The lowest BCUT2D eigenvalue weighted by molar-refractivity contribution is 0.300. The van der Waals surface area contributed by atoms with Gasteiger partial charge in [-0.25, -0.2) is 4.98 Å². The molecule has 0 radical (unpaired) electrons. The topological polar surface area (TPSA) is 33.1 Å². The van der Waals surface area contributed by atoms with E-state index >= 15 is 0 Å². The van der Waals surface area contributed by atoms with Crippen LogP contribution in [0.15, 0.2) is 6.20 Å². The number of nitrogens with one attached hydrogen (secondary N) is 1. The Labute approximate surface area is 112 Å². The van der Waals surface area contributed by atoms with Crippen LogP contribution in [0.25, 0.3) is 0 Å². The quantitative estimate of drug-likeness (QED) is 0.819. The predicted octanol–water partition coefficient (Wildman–Crippen LogP) is 1.21. The zero-order valence-electron chi connectivity index (χ0n) is 10.2. The van der Waals surface area contributed by atoms with Crippen LogP contribution in [-0.2, 0) is 13.6 Å². The van der Waals surface area contributed by atoms with Crippen molar-refractivity contribution >= 4 is 23.4 Å². The molecule has 1 aromatic rings. The highest BCUT2D eigenvalue weighted by atomic mass is 35.5. The number of aromatic nitrogens is 2. The summed E-state index contributed by atoms with van der Waals surface area (Å²) < 4.78 is 1.91. The average Bonchev–Trinajstić information content (AvgIpc) is 2.67. The lowest BCUT2D eigenvalue weighted by atomic mass is 10.4. The zero-order chi connectivity index (χ0) is 12.1. The van der Waals surface area contributed by atoms with Gasteiger partial charge < -0.3 is 14.8 Å². The molecule has 0 aromatic carbocycles. The molecule has 0 aliphatic carbocycles. The molecule has 1 saturated heterocycles. The standard InChI is InChI=1S/C11H19ClN4S/c1-15-10(12)8-14-11(15)9-13-2-3-16-4-6-17-7-5-16/h8,13H,2-7,9H2,1H3. The van der Waals surface area contributed by atoms with Crippen LogP contribution in [0.5, 0.6) is 0 Å². The van der Waals surface area contributed by atoms with E-state index in [-0.39, 0.29) is 0 Å². The summed E-state index contributed by atoms with van der Waals surface area (Å²) in [6.07, 6.45) is 1.69. The lowest BCUT2D eigenvalue weighted by Crippen LogP contribution is -2.37. The molecule has 96 valence electrons. The van der Waals surface area contributed by atoms with E-state index in [1.807, 2.05) is 23.4 Å². The van der Waals surface area contributed by atoms with Crippen molar-refractivity contribution in [3.05, 3.63) is 17.2 Å². The summed E-state index contributed by atoms with van der Waals surface area (Å²) in [6.45, 7) is 5.36. The Morgan fingerprint density at radius 1 is 1.47 bits per heavy atom. The van der Waals surface area contributed by atoms with Crippen molar-refractivity contribution in [3.8, 4) is 0 Å². The molecule has 17 heavy (non-hydrogen) atoms. The normalized spacial score (nSPS) is 17.5. The Hall–Kier alpha value is -0.230. The maximum Gasteiger partial charge on any atom is 0.128 e. The van der Waals surface area contributed by atoms with Crippen LogP contribution in [0.3, 0.4) is 0 Å². The zero-order valence-corrected chi connectivity index (χ0v) is 11.7. The number of rotatable bonds is 5. The van der Waals surface area contributed by atoms with Gasteiger partial charge in [-0.3, -0.25) is 0 Å². The monoisotopic (exact) mass is 274 g/mol. The molecule has 4 nitrogen and oxygen atoms in total. The molecule has 2 rings (SSSR count). The van der Waals surface area contributed by atoms with Gasteiger partial charge in [-0.2, -0.15) is 11.8 Å². The third kappa shape index (κ3) is 3.88. The number of imidazole rings is 1. The van der Waals surface area contributed by atoms with Gasteiger partial charge in [0.1, 0.15) is 11.0 Å².